The summed E-state index contributed by atoms with van der Waals surface area (Å²) in [6, 6.07) is 2.25. The maximum absolute atomic E-state index is 12.9. The zero-order valence-corrected chi connectivity index (χ0v) is 13.7. The maximum Gasteiger partial charge on any atom is 0.393 e. The van der Waals surface area contributed by atoms with Gasteiger partial charge in [-0.1, -0.05) is 0 Å². The van der Waals surface area contributed by atoms with E-state index in [1.165, 1.54) is 6.07 Å². The Morgan fingerprint density at radius 2 is 1.96 bits per heavy atom. The fourth-order valence-corrected chi connectivity index (χ4v) is 5.21. The lowest BCUT2D eigenvalue weighted by Gasteiger charge is -2.18. The zero-order chi connectivity index (χ0) is 18.3. The number of rotatable bonds is 4. The van der Waals surface area contributed by atoms with Gasteiger partial charge in [-0.15, -0.1) is 11.3 Å². The first-order chi connectivity index (χ1) is 11.0. The van der Waals surface area contributed by atoms with Gasteiger partial charge in [0.25, 0.3) is 10.0 Å². The summed E-state index contributed by atoms with van der Waals surface area (Å²) in [5.41, 5.74) is 0. The molecule has 134 valence electrons. The number of thiophene rings is 1. The number of carbonyl (C=O) groups is 2. The number of alkyl halides is 3. The number of sulfonamides is 1. The SMILES string of the molecule is COC(=O)c1ccc(S(=O)(=O)N2C[C@@H](C(F)(F)F)[C@H](C(=O)O)C2)s1. The van der Waals surface area contributed by atoms with Crippen LogP contribution in [0.25, 0.3) is 0 Å². The molecule has 12 heteroatoms. The molecule has 24 heavy (non-hydrogen) atoms. The number of halogens is 3. The molecule has 2 rings (SSSR count). The van der Waals surface area contributed by atoms with E-state index in [9.17, 15) is 31.2 Å². The second-order valence-corrected chi connectivity index (χ2v) is 8.27. The highest BCUT2D eigenvalue weighted by molar-refractivity contribution is 7.91. The molecule has 0 amide bonds. The molecule has 2 heterocycles. The topological polar surface area (TPSA) is 101 Å². The van der Waals surface area contributed by atoms with Gasteiger partial charge in [0.15, 0.2) is 0 Å². The summed E-state index contributed by atoms with van der Waals surface area (Å²) in [4.78, 5) is 22.3. The largest absolute Gasteiger partial charge is 0.481 e. The number of carboxylic acid groups (broad SMARTS) is 1. The van der Waals surface area contributed by atoms with Crippen LogP contribution in [0.1, 0.15) is 9.67 Å². The van der Waals surface area contributed by atoms with Crippen molar-refractivity contribution in [2.75, 3.05) is 20.2 Å². The molecule has 1 fully saturated rings. The fraction of sp³-hybridized carbons (Fsp3) is 0.500. The fourth-order valence-electron chi connectivity index (χ4n) is 2.34. The predicted molar refractivity (Wildman–Crippen MR) is 75.1 cm³/mol. The first-order valence-corrected chi connectivity index (χ1v) is 8.72. The summed E-state index contributed by atoms with van der Waals surface area (Å²) in [6.45, 7) is -1.76. The smallest absolute Gasteiger partial charge is 0.393 e. The minimum absolute atomic E-state index is 0.0302. The summed E-state index contributed by atoms with van der Waals surface area (Å²) >= 11 is 0.545. The number of carbonyl (C=O) groups excluding carboxylic acids is 1. The van der Waals surface area contributed by atoms with Crippen molar-refractivity contribution in [3.8, 4) is 0 Å². The van der Waals surface area contributed by atoms with E-state index in [2.05, 4.69) is 4.74 Å². The van der Waals surface area contributed by atoms with Crippen LogP contribution in [0, 0.1) is 11.8 Å². The predicted octanol–water partition coefficient (Wildman–Crippen LogP) is 1.42. The molecule has 0 bridgehead atoms. The van der Waals surface area contributed by atoms with Crippen LogP contribution in [0.4, 0.5) is 13.2 Å². The molecule has 1 aromatic rings. The van der Waals surface area contributed by atoms with E-state index >= 15 is 0 Å². The Morgan fingerprint density at radius 1 is 1.33 bits per heavy atom. The van der Waals surface area contributed by atoms with E-state index in [1.54, 1.807) is 0 Å². The highest BCUT2D eigenvalue weighted by Crippen LogP contribution is 2.40. The first kappa shape index (κ1) is 18.7. The Morgan fingerprint density at radius 3 is 2.42 bits per heavy atom. The van der Waals surface area contributed by atoms with E-state index in [4.69, 9.17) is 5.11 Å². The van der Waals surface area contributed by atoms with E-state index in [1.807, 2.05) is 0 Å². The Kier molecular flexibility index (Phi) is 4.93. The van der Waals surface area contributed by atoms with Crippen molar-refractivity contribution in [2.45, 2.75) is 10.4 Å². The number of carboxylic acids is 1. The molecule has 0 spiro atoms. The molecule has 1 aromatic heterocycles. The van der Waals surface area contributed by atoms with Crippen molar-refractivity contribution in [1.29, 1.82) is 0 Å². The third-order valence-electron chi connectivity index (χ3n) is 3.59. The van der Waals surface area contributed by atoms with Crippen molar-refractivity contribution in [1.82, 2.24) is 4.31 Å². The zero-order valence-electron chi connectivity index (χ0n) is 12.1. The normalized spacial score (nSPS) is 22.5. The maximum atomic E-state index is 12.9. The van der Waals surface area contributed by atoms with E-state index in [0.29, 0.717) is 15.6 Å². The van der Waals surface area contributed by atoms with Gasteiger partial charge in [0.05, 0.1) is 18.9 Å². The molecule has 2 atom stereocenters. The molecule has 0 unspecified atom stereocenters. The number of ether oxygens (including phenoxy) is 1. The number of esters is 1. The number of hydrogen-bond donors (Lipinski definition) is 1. The molecular formula is C12H12F3NO6S2. The molecular weight excluding hydrogens is 375 g/mol. The highest BCUT2D eigenvalue weighted by Gasteiger charge is 2.55. The van der Waals surface area contributed by atoms with Crippen LogP contribution in [-0.2, 0) is 19.6 Å². The lowest BCUT2D eigenvalue weighted by atomic mass is 9.96. The van der Waals surface area contributed by atoms with Gasteiger partial charge < -0.3 is 9.84 Å². The summed E-state index contributed by atoms with van der Waals surface area (Å²) in [6.07, 6.45) is -4.83. The molecule has 1 aliphatic heterocycles. The molecule has 0 saturated carbocycles. The average molecular weight is 387 g/mol. The van der Waals surface area contributed by atoms with Crippen LogP contribution >= 0.6 is 11.3 Å². The summed E-state index contributed by atoms with van der Waals surface area (Å²) in [5, 5.41) is 8.93. The Labute approximate surface area is 138 Å². The van der Waals surface area contributed by atoms with Crippen LogP contribution in [0.5, 0.6) is 0 Å². The van der Waals surface area contributed by atoms with Crippen LogP contribution < -0.4 is 0 Å². The summed E-state index contributed by atoms with van der Waals surface area (Å²) in [7, 11) is -3.24. The highest BCUT2D eigenvalue weighted by atomic mass is 32.2. The standard InChI is InChI=1S/C12H12F3NO6S2/c1-22-11(19)8-2-3-9(23-8)24(20,21)16-4-6(10(17)18)7(5-16)12(13,14)15/h2-3,6-7H,4-5H2,1H3,(H,17,18)/t6-,7-/m1/s1. The first-order valence-electron chi connectivity index (χ1n) is 6.46. The van der Waals surface area contributed by atoms with Crippen molar-refractivity contribution in [2.24, 2.45) is 11.8 Å². The van der Waals surface area contributed by atoms with Crippen LogP contribution in [-0.4, -0.2) is 56.1 Å². The van der Waals surface area contributed by atoms with Crippen LogP contribution in [0.15, 0.2) is 16.3 Å². The van der Waals surface area contributed by atoms with Crippen LogP contribution in [0.3, 0.4) is 0 Å². The van der Waals surface area contributed by atoms with Crippen molar-refractivity contribution in [3.05, 3.63) is 17.0 Å². The van der Waals surface area contributed by atoms with Crippen molar-refractivity contribution in [3.63, 3.8) is 0 Å². The van der Waals surface area contributed by atoms with Gasteiger partial charge in [-0.05, 0) is 12.1 Å². The van der Waals surface area contributed by atoms with E-state index in [-0.39, 0.29) is 9.09 Å². The molecule has 7 nitrogen and oxygen atoms in total. The van der Waals surface area contributed by atoms with Gasteiger partial charge in [-0.3, -0.25) is 4.79 Å². The molecule has 0 aromatic carbocycles. The lowest BCUT2D eigenvalue weighted by Crippen LogP contribution is -2.34. The Bertz CT molecular complexity index is 757. The minimum atomic E-state index is -4.83. The third-order valence-corrected chi connectivity index (χ3v) is 6.95. The van der Waals surface area contributed by atoms with Crippen molar-refractivity contribution < 1.29 is 41.0 Å². The number of hydrogen-bond acceptors (Lipinski definition) is 6. The van der Waals surface area contributed by atoms with Gasteiger partial charge in [-0.2, -0.15) is 17.5 Å². The minimum Gasteiger partial charge on any atom is -0.481 e. The number of nitrogens with zero attached hydrogens (tertiary/aromatic N) is 1. The third kappa shape index (κ3) is 3.39. The van der Waals surface area contributed by atoms with Gasteiger partial charge in [0.1, 0.15) is 9.09 Å². The molecule has 1 saturated heterocycles. The number of aliphatic carboxylic acids is 1. The lowest BCUT2D eigenvalue weighted by molar-refractivity contribution is -0.187. The molecule has 0 aliphatic carbocycles. The van der Waals surface area contributed by atoms with Gasteiger partial charge in [-0.25, -0.2) is 13.2 Å². The summed E-state index contributed by atoms with van der Waals surface area (Å²) in [5.74, 6) is -6.65. The Balaban J connectivity index is 2.32. The Hall–Kier alpha value is -1.66. The average Bonchev–Trinajstić information content (AvgIpc) is 3.13. The summed E-state index contributed by atoms with van der Waals surface area (Å²) < 4.78 is 68.3. The molecule has 1 aliphatic rings. The second-order valence-electron chi connectivity index (χ2n) is 5.03. The molecule has 0 radical (unpaired) electrons. The van der Waals surface area contributed by atoms with Gasteiger partial charge in [0, 0.05) is 13.1 Å². The van der Waals surface area contributed by atoms with Crippen molar-refractivity contribution >= 4 is 33.3 Å². The van der Waals surface area contributed by atoms with E-state index in [0.717, 1.165) is 13.2 Å². The number of methoxy groups -OCH3 is 1. The second kappa shape index (κ2) is 6.33. The van der Waals surface area contributed by atoms with Gasteiger partial charge >= 0.3 is 18.1 Å². The van der Waals surface area contributed by atoms with Gasteiger partial charge in [0.2, 0.25) is 0 Å². The van der Waals surface area contributed by atoms with E-state index < -0.39 is 53.1 Å². The monoisotopic (exact) mass is 387 g/mol. The quantitative estimate of drug-likeness (QED) is 0.784. The molecule has 1 N–H and O–H groups in total. The van der Waals surface area contributed by atoms with Crippen LogP contribution in [0.2, 0.25) is 0 Å².